The average Bonchev–Trinajstić information content (AvgIpc) is 2.93. The molecule has 0 fully saturated rings. The molecule has 3 aromatic rings. The summed E-state index contributed by atoms with van der Waals surface area (Å²) in [6.07, 6.45) is 0. The summed E-state index contributed by atoms with van der Waals surface area (Å²) in [7, 11) is 0. The van der Waals surface area contributed by atoms with Gasteiger partial charge in [0.15, 0.2) is 0 Å². The van der Waals surface area contributed by atoms with E-state index in [9.17, 15) is 4.39 Å². The van der Waals surface area contributed by atoms with Crippen molar-refractivity contribution in [3.8, 4) is 22.9 Å². The highest BCUT2D eigenvalue weighted by Crippen LogP contribution is 2.26. The molecule has 0 radical (unpaired) electrons. The zero-order valence-corrected chi connectivity index (χ0v) is 11.3. The van der Waals surface area contributed by atoms with Crippen molar-refractivity contribution in [2.45, 2.75) is 0 Å². The Hall–Kier alpha value is -2.01. The second kappa shape index (κ2) is 4.93. The summed E-state index contributed by atoms with van der Waals surface area (Å²) < 4.78 is 19.1. The fraction of sp³-hybridized carbons (Fsp3) is 0. The van der Waals surface area contributed by atoms with Gasteiger partial charge < -0.3 is 4.42 Å². The van der Waals surface area contributed by atoms with Crippen LogP contribution in [-0.2, 0) is 0 Å². The maximum Gasteiger partial charge on any atom is 0.248 e. The smallest absolute Gasteiger partial charge is 0.248 e. The van der Waals surface area contributed by atoms with Gasteiger partial charge in [0.25, 0.3) is 0 Å². The van der Waals surface area contributed by atoms with E-state index < -0.39 is 0 Å². The molecule has 0 aliphatic heterocycles. The monoisotopic (exact) mass is 318 g/mol. The third-order valence-corrected chi connectivity index (χ3v) is 3.22. The highest BCUT2D eigenvalue weighted by atomic mass is 79.9. The van der Waals surface area contributed by atoms with Crippen molar-refractivity contribution < 1.29 is 8.81 Å². The van der Waals surface area contributed by atoms with Crippen LogP contribution in [0.2, 0.25) is 0 Å². The summed E-state index contributed by atoms with van der Waals surface area (Å²) >= 11 is 3.13. The molecule has 0 spiro atoms. The molecule has 0 unspecified atom stereocenters. The summed E-state index contributed by atoms with van der Waals surface area (Å²) in [6.45, 7) is 0. The highest BCUT2D eigenvalue weighted by Gasteiger charge is 2.11. The Morgan fingerprint density at radius 2 is 1.58 bits per heavy atom. The Bertz CT molecular complexity index is 712. The second-order valence-electron chi connectivity index (χ2n) is 3.91. The molecule has 3 nitrogen and oxygen atoms in total. The lowest BCUT2D eigenvalue weighted by Crippen LogP contribution is -1.81. The molecule has 0 bridgehead atoms. The van der Waals surface area contributed by atoms with E-state index >= 15 is 0 Å². The molecule has 0 aliphatic rings. The molecule has 19 heavy (non-hydrogen) atoms. The third-order valence-electron chi connectivity index (χ3n) is 2.61. The number of aromatic nitrogens is 2. The Balaban J connectivity index is 1.99. The number of hydrogen-bond donors (Lipinski definition) is 0. The topological polar surface area (TPSA) is 38.9 Å². The van der Waals surface area contributed by atoms with Crippen LogP contribution in [0.25, 0.3) is 22.9 Å². The summed E-state index contributed by atoms with van der Waals surface area (Å²) in [4.78, 5) is 0. The van der Waals surface area contributed by atoms with Crippen LogP contribution >= 0.6 is 15.9 Å². The molecule has 1 heterocycles. The number of benzene rings is 2. The maximum atomic E-state index is 13.2. The minimum atomic E-state index is -0.327. The van der Waals surface area contributed by atoms with Crippen LogP contribution in [0.15, 0.2) is 57.4 Å². The Morgan fingerprint density at radius 3 is 2.26 bits per heavy atom. The van der Waals surface area contributed by atoms with Crippen LogP contribution in [0.3, 0.4) is 0 Å². The summed E-state index contributed by atoms with van der Waals surface area (Å²) in [5.74, 6) is 0.474. The molecular weight excluding hydrogens is 311 g/mol. The first-order chi connectivity index (χ1) is 9.24. The normalized spacial score (nSPS) is 10.6. The van der Waals surface area contributed by atoms with Gasteiger partial charge in [-0.25, -0.2) is 4.39 Å². The standard InChI is InChI=1S/C14H8BrFN2O/c15-11-8-10(6-7-12(11)16)14-18-17-13(19-14)9-4-2-1-3-5-9/h1-8H. The van der Waals surface area contributed by atoms with Gasteiger partial charge in [-0.3, -0.25) is 0 Å². The van der Waals surface area contributed by atoms with Crippen molar-refractivity contribution in [1.29, 1.82) is 0 Å². The molecule has 3 rings (SSSR count). The predicted octanol–water partition coefficient (Wildman–Crippen LogP) is 4.31. The Labute approximate surface area is 117 Å². The van der Waals surface area contributed by atoms with Crippen LogP contribution in [-0.4, -0.2) is 10.2 Å². The average molecular weight is 319 g/mol. The van der Waals surface area contributed by atoms with E-state index in [2.05, 4.69) is 26.1 Å². The fourth-order valence-electron chi connectivity index (χ4n) is 1.67. The van der Waals surface area contributed by atoms with Gasteiger partial charge in [0, 0.05) is 11.1 Å². The van der Waals surface area contributed by atoms with E-state index in [4.69, 9.17) is 4.42 Å². The van der Waals surface area contributed by atoms with E-state index in [1.165, 1.54) is 6.07 Å². The zero-order chi connectivity index (χ0) is 13.2. The minimum absolute atomic E-state index is 0.327. The molecule has 0 saturated carbocycles. The molecular formula is C14H8BrFN2O. The Morgan fingerprint density at radius 1 is 0.895 bits per heavy atom. The first-order valence-corrected chi connectivity index (χ1v) is 6.38. The number of hydrogen-bond acceptors (Lipinski definition) is 3. The van der Waals surface area contributed by atoms with E-state index in [-0.39, 0.29) is 5.82 Å². The molecule has 2 aromatic carbocycles. The number of nitrogens with zero attached hydrogens (tertiary/aromatic N) is 2. The molecule has 0 atom stereocenters. The van der Waals surface area contributed by atoms with Crippen molar-refractivity contribution in [2.24, 2.45) is 0 Å². The number of halogens is 2. The molecule has 5 heteroatoms. The van der Waals surface area contributed by atoms with Crippen molar-refractivity contribution in [2.75, 3.05) is 0 Å². The van der Waals surface area contributed by atoms with Crippen molar-refractivity contribution >= 4 is 15.9 Å². The molecule has 0 N–H and O–H groups in total. The zero-order valence-electron chi connectivity index (χ0n) is 9.68. The van der Waals surface area contributed by atoms with Gasteiger partial charge in [0.2, 0.25) is 11.8 Å². The van der Waals surface area contributed by atoms with Crippen LogP contribution in [0.5, 0.6) is 0 Å². The van der Waals surface area contributed by atoms with Gasteiger partial charge >= 0.3 is 0 Å². The molecule has 0 amide bonds. The van der Waals surface area contributed by atoms with Crippen LogP contribution in [0.4, 0.5) is 4.39 Å². The van der Waals surface area contributed by atoms with E-state index in [1.807, 2.05) is 30.3 Å². The second-order valence-corrected chi connectivity index (χ2v) is 4.76. The van der Waals surface area contributed by atoms with Crippen LogP contribution in [0, 0.1) is 5.82 Å². The fourth-order valence-corrected chi connectivity index (χ4v) is 2.05. The van der Waals surface area contributed by atoms with E-state index in [0.29, 0.717) is 21.8 Å². The van der Waals surface area contributed by atoms with Crippen molar-refractivity contribution in [3.63, 3.8) is 0 Å². The van der Waals surface area contributed by atoms with Crippen molar-refractivity contribution in [1.82, 2.24) is 10.2 Å². The van der Waals surface area contributed by atoms with E-state index in [0.717, 1.165) is 5.56 Å². The van der Waals surface area contributed by atoms with Crippen molar-refractivity contribution in [3.05, 3.63) is 58.8 Å². The van der Waals surface area contributed by atoms with Gasteiger partial charge in [0.1, 0.15) is 5.82 Å². The van der Waals surface area contributed by atoms with E-state index in [1.54, 1.807) is 12.1 Å². The SMILES string of the molecule is Fc1ccc(-c2nnc(-c3ccccc3)o2)cc1Br. The maximum absolute atomic E-state index is 13.2. The number of rotatable bonds is 2. The lowest BCUT2D eigenvalue weighted by molar-refractivity contribution is 0.583. The minimum Gasteiger partial charge on any atom is -0.416 e. The summed E-state index contributed by atoms with van der Waals surface area (Å²) in [5.41, 5.74) is 1.52. The van der Waals surface area contributed by atoms with Gasteiger partial charge in [0.05, 0.1) is 4.47 Å². The first kappa shape index (κ1) is 12.0. The molecule has 1 aromatic heterocycles. The van der Waals surface area contributed by atoms with Gasteiger partial charge in [-0.2, -0.15) is 0 Å². The first-order valence-electron chi connectivity index (χ1n) is 5.58. The lowest BCUT2D eigenvalue weighted by Gasteiger charge is -1.97. The largest absolute Gasteiger partial charge is 0.416 e. The summed E-state index contributed by atoms with van der Waals surface area (Å²) in [6, 6.07) is 14.0. The highest BCUT2D eigenvalue weighted by molar-refractivity contribution is 9.10. The Kier molecular flexibility index (Phi) is 3.13. The summed E-state index contributed by atoms with van der Waals surface area (Å²) in [5, 5.41) is 7.96. The molecule has 94 valence electrons. The van der Waals surface area contributed by atoms with Crippen LogP contribution < -0.4 is 0 Å². The molecule has 0 saturated heterocycles. The predicted molar refractivity (Wildman–Crippen MR) is 72.8 cm³/mol. The van der Waals surface area contributed by atoms with Gasteiger partial charge in [-0.05, 0) is 46.3 Å². The third kappa shape index (κ3) is 2.42. The molecule has 0 aliphatic carbocycles. The quantitative estimate of drug-likeness (QED) is 0.707. The van der Waals surface area contributed by atoms with Gasteiger partial charge in [-0.1, -0.05) is 18.2 Å². The lowest BCUT2D eigenvalue weighted by atomic mass is 10.2. The van der Waals surface area contributed by atoms with Gasteiger partial charge in [-0.15, -0.1) is 10.2 Å². The van der Waals surface area contributed by atoms with Crippen LogP contribution in [0.1, 0.15) is 0 Å².